The zero-order valence-electron chi connectivity index (χ0n) is 15.1. The minimum absolute atomic E-state index is 0.103. The number of rotatable bonds is 5. The molecule has 2 N–H and O–H groups in total. The number of H-pyrrole nitrogens is 1. The highest BCUT2D eigenvalue weighted by atomic mass is 35.5. The first kappa shape index (κ1) is 19.2. The number of hydrogen-bond acceptors (Lipinski definition) is 3. The molecule has 28 heavy (non-hydrogen) atoms. The maximum Gasteiger partial charge on any atom is 0.260 e. The Balaban J connectivity index is 1.60. The molecule has 0 spiro atoms. The maximum atomic E-state index is 12.8. The Bertz CT molecular complexity index is 1190. The van der Waals surface area contributed by atoms with Gasteiger partial charge in [-0.15, -0.1) is 11.3 Å². The van der Waals surface area contributed by atoms with E-state index in [1.807, 2.05) is 54.9 Å². The summed E-state index contributed by atoms with van der Waals surface area (Å²) in [6, 6.07) is 15.5. The molecule has 0 aliphatic carbocycles. The number of hydrogen-bond donors (Lipinski definition) is 2. The van der Waals surface area contributed by atoms with Crippen LogP contribution in [0.2, 0.25) is 10.0 Å². The van der Waals surface area contributed by atoms with Gasteiger partial charge >= 0.3 is 0 Å². The topological polar surface area (TPSA) is 50.2 Å². The molecule has 0 fully saturated rings. The third-order valence-electron chi connectivity index (χ3n) is 4.57. The van der Waals surface area contributed by atoms with Crippen LogP contribution in [0, 0.1) is 0 Å². The highest BCUT2D eigenvalue weighted by Gasteiger charge is 2.16. The largest absolute Gasteiger partial charge is 0.327 e. The van der Waals surface area contributed by atoms with Crippen LogP contribution in [0.25, 0.3) is 21.3 Å². The SMILES string of the molecule is C[NH+](Cc1nc2scc(-c3ccccc3)c2c(=O)[nH]1)Cc1cccc(Cl)c1Cl. The van der Waals surface area contributed by atoms with E-state index >= 15 is 0 Å². The quantitative estimate of drug-likeness (QED) is 0.498. The molecule has 4 aromatic rings. The van der Waals surface area contributed by atoms with Crippen molar-refractivity contribution in [3.8, 4) is 11.1 Å². The third kappa shape index (κ3) is 3.84. The van der Waals surface area contributed by atoms with Gasteiger partial charge in [-0.3, -0.25) is 4.79 Å². The minimum Gasteiger partial charge on any atom is -0.327 e. The van der Waals surface area contributed by atoms with Gasteiger partial charge in [-0.1, -0.05) is 65.7 Å². The highest BCUT2D eigenvalue weighted by molar-refractivity contribution is 7.17. The van der Waals surface area contributed by atoms with E-state index < -0.39 is 0 Å². The lowest BCUT2D eigenvalue weighted by atomic mass is 10.1. The monoisotopic (exact) mass is 430 g/mol. The predicted molar refractivity (Wildman–Crippen MR) is 116 cm³/mol. The molecule has 0 amide bonds. The van der Waals surface area contributed by atoms with Crippen LogP contribution >= 0.6 is 34.5 Å². The average molecular weight is 431 g/mol. The van der Waals surface area contributed by atoms with Crippen molar-refractivity contribution in [2.24, 2.45) is 0 Å². The van der Waals surface area contributed by atoms with Crippen molar-refractivity contribution in [2.45, 2.75) is 13.1 Å². The minimum atomic E-state index is -0.103. The summed E-state index contributed by atoms with van der Waals surface area (Å²) in [5.74, 6) is 0.662. The summed E-state index contributed by atoms with van der Waals surface area (Å²) in [7, 11) is 2.03. The van der Waals surface area contributed by atoms with Crippen LogP contribution in [-0.2, 0) is 13.1 Å². The summed E-state index contributed by atoms with van der Waals surface area (Å²) in [4.78, 5) is 22.3. The van der Waals surface area contributed by atoms with Gasteiger partial charge in [0.05, 0.1) is 22.5 Å². The molecule has 0 radical (unpaired) electrons. The normalized spacial score (nSPS) is 12.4. The molecule has 7 heteroatoms. The first-order valence-corrected chi connectivity index (χ1v) is 10.5. The first-order chi connectivity index (χ1) is 13.5. The van der Waals surface area contributed by atoms with Gasteiger partial charge in [-0.05, 0) is 11.6 Å². The van der Waals surface area contributed by atoms with Crippen LogP contribution in [0.15, 0.2) is 58.7 Å². The molecule has 0 saturated heterocycles. The Kier molecular flexibility index (Phi) is 5.51. The van der Waals surface area contributed by atoms with E-state index in [4.69, 9.17) is 23.2 Å². The second-order valence-corrected chi connectivity index (χ2v) is 8.38. The van der Waals surface area contributed by atoms with Gasteiger partial charge in [0.25, 0.3) is 5.56 Å². The van der Waals surface area contributed by atoms with Crippen LogP contribution in [-0.4, -0.2) is 17.0 Å². The first-order valence-electron chi connectivity index (χ1n) is 8.83. The summed E-state index contributed by atoms with van der Waals surface area (Å²) >= 11 is 13.9. The number of nitrogens with one attached hydrogen (secondary N) is 2. The number of fused-ring (bicyclic) bond motifs is 1. The third-order valence-corrected chi connectivity index (χ3v) is 6.30. The maximum absolute atomic E-state index is 12.8. The smallest absolute Gasteiger partial charge is 0.260 e. The van der Waals surface area contributed by atoms with E-state index in [0.29, 0.717) is 34.3 Å². The van der Waals surface area contributed by atoms with Gasteiger partial charge in [-0.2, -0.15) is 0 Å². The summed E-state index contributed by atoms with van der Waals surface area (Å²) in [6.45, 7) is 1.26. The molecule has 4 rings (SSSR count). The van der Waals surface area contributed by atoms with Crippen molar-refractivity contribution >= 4 is 44.8 Å². The van der Waals surface area contributed by atoms with Crippen LogP contribution in [0.1, 0.15) is 11.4 Å². The molecule has 142 valence electrons. The van der Waals surface area contributed by atoms with Gasteiger partial charge in [0.2, 0.25) is 0 Å². The number of aromatic amines is 1. The highest BCUT2D eigenvalue weighted by Crippen LogP contribution is 2.30. The number of quaternary nitrogens is 1. The standard InChI is InChI=1S/C21H17Cl2N3OS/c1-26(10-14-8-5-9-16(22)19(14)23)11-17-24-20(27)18-15(12-28-21(18)25-17)13-6-3-2-4-7-13/h2-9,12H,10-11H2,1H3,(H,24,25,27)/p+1. The Morgan fingerprint density at radius 1 is 1.07 bits per heavy atom. The summed E-state index contributed by atoms with van der Waals surface area (Å²) < 4.78 is 0. The second kappa shape index (κ2) is 8.05. The number of benzene rings is 2. The van der Waals surface area contributed by atoms with E-state index in [-0.39, 0.29) is 5.56 Å². The Morgan fingerprint density at radius 2 is 1.86 bits per heavy atom. The summed E-state index contributed by atoms with van der Waals surface area (Å²) in [5.41, 5.74) is 2.81. The fraction of sp³-hybridized carbons (Fsp3) is 0.143. The molecule has 0 saturated carbocycles. The van der Waals surface area contributed by atoms with Crippen LogP contribution in [0.3, 0.4) is 0 Å². The average Bonchev–Trinajstić information content (AvgIpc) is 3.11. The lowest BCUT2D eigenvalue weighted by molar-refractivity contribution is -0.908. The van der Waals surface area contributed by atoms with E-state index in [1.165, 1.54) is 11.3 Å². The van der Waals surface area contributed by atoms with E-state index in [2.05, 4.69) is 9.97 Å². The van der Waals surface area contributed by atoms with E-state index in [0.717, 1.165) is 26.4 Å². The molecule has 1 unspecified atom stereocenters. The molecular weight excluding hydrogens is 413 g/mol. The van der Waals surface area contributed by atoms with Gasteiger partial charge in [0, 0.05) is 16.5 Å². The van der Waals surface area contributed by atoms with Gasteiger partial charge in [-0.25, -0.2) is 4.98 Å². The van der Waals surface area contributed by atoms with E-state index in [1.54, 1.807) is 6.07 Å². The molecular formula is C21H18Cl2N3OS+. The zero-order chi connectivity index (χ0) is 19.7. The number of thiophene rings is 1. The summed E-state index contributed by atoms with van der Waals surface area (Å²) in [6.07, 6.45) is 0. The fourth-order valence-electron chi connectivity index (χ4n) is 3.27. The molecule has 0 bridgehead atoms. The Morgan fingerprint density at radius 3 is 2.64 bits per heavy atom. The van der Waals surface area contributed by atoms with Crippen LogP contribution < -0.4 is 10.5 Å². The lowest BCUT2D eigenvalue weighted by Crippen LogP contribution is -3.06. The van der Waals surface area contributed by atoms with Crippen molar-refractivity contribution in [1.82, 2.24) is 9.97 Å². The van der Waals surface area contributed by atoms with Crippen molar-refractivity contribution < 1.29 is 4.90 Å². The van der Waals surface area contributed by atoms with Crippen LogP contribution in [0.5, 0.6) is 0 Å². The molecule has 1 atom stereocenters. The molecule has 2 heterocycles. The van der Waals surface area contributed by atoms with Gasteiger partial charge in [0.1, 0.15) is 17.9 Å². The fourth-order valence-corrected chi connectivity index (χ4v) is 4.62. The van der Waals surface area contributed by atoms with Gasteiger partial charge < -0.3 is 9.88 Å². The Labute approximate surface area is 176 Å². The zero-order valence-corrected chi connectivity index (χ0v) is 17.5. The molecule has 0 aliphatic rings. The summed E-state index contributed by atoms with van der Waals surface area (Å²) in [5, 5.41) is 3.77. The second-order valence-electron chi connectivity index (χ2n) is 6.73. The van der Waals surface area contributed by atoms with Crippen molar-refractivity contribution in [2.75, 3.05) is 7.05 Å². The molecule has 2 aromatic carbocycles. The lowest BCUT2D eigenvalue weighted by Gasteiger charge is -2.14. The molecule has 0 aliphatic heterocycles. The predicted octanol–water partition coefficient (Wildman–Crippen LogP) is 4.17. The number of halogens is 2. The molecule has 4 nitrogen and oxygen atoms in total. The van der Waals surface area contributed by atoms with Crippen molar-refractivity contribution in [3.05, 3.63) is 85.7 Å². The molecule has 2 aromatic heterocycles. The van der Waals surface area contributed by atoms with Crippen LogP contribution in [0.4, 0.5) is 0 Å². The van der Waals surface area contributed by atoms with Crippen molar-refractivity contribution in [1.29, 1.82) is 0 Å². The van der Waals surface area contributed by atoms with Crippen molar-refractivity contribution in [3.63, 3.8) is 0 Å². The number of nitrogens with zero attached hydrogens (tertiary/aromatic N) is 1. The number of aromatic nitrogens is 2. The van der Waals surface area contributed by atoms with Gasteiger partial charge in [0.15, 0.2) is 5.82 Å². The van der Waals surface area contributed by atoms with E-state index in [9.17, 15) is 4.79 Å². The Hall–Kier alpha value is -2.18.